The molecule has 0 radical (unpaired) electrons. The average molecular weight is 518 g/mol. The number of para-hydroxylation sites is 2. The van der Waals surface area contributed by atoms with Gasteiger partial charge in [-0.15, -0.1) is 0 Å². The van der Waals surface area contributed by atoms with Crippen LogP contribution in [-0.2, 0) is 16.2 Å². The van der Waals surface area contributed by atoms with Gasteiger partial charge in [0.05, 0.1) is 11.0 Å². The van der Waals surface area contributed by atoms with Crippen LogP contribution < -0.4 is 0 Å². The van der Waals surface area contributed by atoms with Crippen LogP contribution >= 0.6 is 0 Å². The Morgan fingerprint density at radius 2 is 0.950 bits per heavy atom. The van der Waals surface area contributed by atoms with E-state index in [4.69, 9.17) is 0 Å². The Kier molecular flexibility index (Phi) is 4.48. The van der Waals surface area contributed by atoms with Crippen LogP contribution in [0.25, 0.3) is 49.7 Å². The zero-order chi connectivity index (χ0) is 27.6. The van der Waals surface area contributed by atoms with Gasteiger partial charge in [-0.2, -0.15) is 0 Å². The van der Waals surface area contributed by atoms with E-state index >= 15 is 0 Å². The van der Waals surface area contributed by atoms with Crippen molar-refractivity contribution in [3.63, 3.8) is 0 Å². The minimum Gasteiger partial charge on any atom is -0.309 e. The van der Waals surface area contributed by atoms with E-state index in [1.165, 1.54) is 72.0 Å². The van der Waals surface area contributed by atoms with Crippen molar-refractivity contribution in [3.8, 4) is 27.9 Å². The Labute approximate surface area is 237 Å². The van der Waals surface area contributed by atoms with E-state index in [0.717, 1.165) is 0 Å². The SMILES string of the molecule is CC1(C)c2cc(-n3c4ccccc4c4ccccc43)ccc2-c2cc3c(cc21)C(C)(C)C(C)(C)c1ccccc1-3. The fourth-order valence-corrected chi connectivity index (χ4v) is 7.78. The monoisotopic (exact) mass is 517 g/mol. The summed E-state index contributed by atoms with van der Waals surface area (Å²) < 4.78 is 2.44. The Morgan fingerprint density at radius 1 is 0.425 bits per heavy atom. The summed E-state index contributed by atoms with van der Waals surface area (Å²) in [7, 11) is 0. The Bertz CT molecular complexity index is 1970. The van der Waals surface area contributed by atoms with Crippen molar-refractivity contribution in [2.75, 3.05) is 0 Å². The number of fused-ring (bicyclic) bond motifs is 9. The fraction of sp³-hybridized carbons (Fsp3) is 0.231. The lowest BCUT2D eigenvalue weighted by atomic mass is 9.55. The molecule has 40 heavy (non-hydrogen) atoms. The number of benzene rings is 5. The van der Waals surface area contributed by atoms with E-state index in [0.29, 0.717) is 0 Å². The third-order valence-electron chi connectivity index (χ3n) is 10.8. The van der Waals surface area contributed by atoms with Gasteiger partial charge in [0.25, 0.3) is 0 Å². The van der Waals surface area contributed by atoms with Crippen LogP contribution in [0.2, 0.25) is 0 Å². The quantitative estimate of drug-likeness (QED) is 0.204. The topological polar surface area (TPSA) is 4.93 Å². The average Bonchev–Trinajstić information content (AvgIpc) is 3.40. The maximum atomic E-state index is 2.56. The molecule has 2 aliphatic carbocycles. The molecule has 0 bridgehead atoms. The number of hydrogen-bond donors (Lipinski definition) is 0. The van der Waals surface area contributed by atoms with Crippen LogP contribution in [0.15, 0.2) is 103 Å². The van der Waals surface area contributed by atoms with Crippen LogP contribution in [0.1, 0.15) is 63.8 Å². The first-order valence-corrected chi connectivity index (χ1v) is 14.5. The van der Waals surface area contributed by atoms with Crippen LogP contribution in [-0.4, -0.2) is 4.57 Å². The van der Waals surface area contributed by atoms with E-state index in [1.807, 2.05) is 0 Å². The van der Waals surface area contributed by atoms with E-state index in [9.17, 15) is 0 Å². The molecule has 0 aliphatic heterocycles. The minimum absolute atomic E-state index is 0.00467. The molecule has 0 fully saturated rings. The molecule has 0 atom stereocenters. The van der Waals surface area contributed by atoms with Crippen molar-refractivity contribution in [1.82, 2.24) is 4.57 Å². The van der Waals surface area contributed by atoms with Gasteiger partial charge in [0.1, 0.15) is 0 Å². The standard InChI is InChI=1S/C39H35N/c1-37(2)32-21-24(40-35-17-11-8-14-27(35)28-15-9-12-18-36(28)40)19-20-26(32)29-22-30-25-13-7-10-16-31(25)38(3,4)39(5,6)34(30)23-33(29)37/h7-23H,1-6H3. The highest BCUT2D eigenvalue weighted by Gasteiger charge is 2.47. The van der Waals surface area contributed by atoms with Gasteiger partial charge in [0.2, 0.25) is 0 Å². The smallest absolute Gasteiger partial charge is 0.0541 e. The van der Waals surface area contributed by atoms with Gasteiger partial charge in [-0.1, -0.05) is 114 Å². The van der Waals surface area contributed by atoms with Crippen LogP contribution in [0.4, 0.5) is 0 Å². The summed E-state index contributed by atoms with van der Waals surface area (Å²) in [6.45, 7) is 14.5. The summed E-state index contributed by atoms with van der Waals surface area (Å²) in [5, 5.41) is 2.61. The Morgan fingerprint density at radius 3 is 1.65 bits per heavy atom. The molecule has 0 saturated heterocycles. The second kappa shape index (κ2) is 7.55. The maximum absolute atomic E-state index is 2.56. The second-order valence-electron chi connectivity index (χ2n) is 13.5. The molecule has 0 saturated carbocycles. The fourth-order valence-electron chi connectivity index (χ4n) is 7.78. The minimum atomic E-state index is -0.0916. The zero-order valence-electron chi connectivity index (χ0n) is 24.3. The number of hydrogen-bond acceptors (Lipinski definition) is 0. The summed E-state index contributed by atoms with van der Waals surface area (Å²) in [6, 6.07) is 38.8. The summed E-state index contributed by atoms with van der Waals surface area (Å²) in [6.07, 6.45) is 0. The van der Waals surface area contributed by atoms with Gasteiger partial charge >= 0.3 is 0 Å². The molecular formula is C39H35N. The Hall–Kier alpha value is -4.10. The summed E-state index contributed by atoms with van der Waals surface area (Å²) in [5.41, 5.74) is 15.0. The zero-order valence-corrected chi connectivity index (χ0v) is 24.3. The lowest BCUT2D eigenvalue weighted by Crippen LogP contribution is -2.43. The highest BCUT2D eigenvalue weighted by atomic mass is 15.0. The molecule has 6 aromatic rings. The van der Waals surface area contributed by atoms with E-state index in [1.54, 1.807) is 0 Å². The molecule has 2 aliphatic rings. The van der Waals surface area contributed by atoms with Gasteiger partial charge < -0.3 is 4.57 Å². The van der Waals surface area contributed by atoms with Crippen molar-refractivity contribution >= 4 is 21.8 Å². The summed E-state index contributed by atoms with van der Waals surface area (Å²) in [5.74, 6) is 0. The lowest BCUT2D eigenvalue weighted by molar-refractivity contribution is 0.298. The lowest BCUT2D eigenvalue weighted by Gasteiger charge is -2.48. The molecule has 1 nitrogen and oxygen atoms in total. The van der Waals surface area contributed by atoms with Crippen molar-refractivity contribution in [3.05, 3.63) is 125 Å². The third kappa shape index (κ3) is 2.78. The molecule has 5 aromatic carbocycles. The maximum Gasteiger partial charge on any atom is 0.0541 e. The number of aromatic nitrogens is 1. The largest absolute Gasteiger partial charge is 0.309 e. The van der Waals surface area contributed by atoms with Crippen LogP contribution in [0.3, 0.4) is 0 Å². The van der Waals surface area contributed by atoms with Gasteiger partial charge in [0, 0.05) is 21.9 Å². The third-order valence-corrected chi connectivity index (χ3v) is 10.8. The van der Waals surface area contributed by atoms with Gasteiger partial charge in [-0.3, -0.25) is 0 Å². The molecular weight excluding hydrogens is 482 g/mol. The van der Waals surface area contributed by atoms with Crippen molar-refractivity contribution < 1.29 is 0 Å². The first kappa shape index (κ1) is 23.8. The molecule has 0 unspecified atom stereocenters. The van der Waals surface area contributed by atoms with Crippen LogP contribution in [0.5, 0.6) is 0 Å². The highest BCUT2D eigenvalue weighted by molar-refractivity contribution is 6.09. The van der Waals surface area contributed by atoms with Gasteiger partial charge in [-0.25, -0.2) is 0 Å². The molecule has 1 heterocycles. The van der Waals surface area contributed by atoms with Crippen LogP contribution in [0, 0.1) is 0 Å². The van der Waals surface area contributed by atoms with Gasteiger partial charge in [0.15, 0.2) is 0 Å². The molecule has 196 valence electrons. The van der Waals surface area contributed by atoms with Crippen molar-refractivity contribution in [1.29, 1.82) is 0 Å². The summed E-state index contributed by atoms with van der Waals surface area (Å²) >= 11 is 0. The predicted molar refractivity (Wildman–Crippen MR) is 170 cm³/mol. The van der Waals surface area contributed by atoms with Crippen molar-refractivity contribution in [2.45, 2.75) is 57.8 Å². The number of rotatable bonds is 1. The molecule has 8 rings (SSSR count). The van der Waals surface area contributed by atoms with Crippen molar-refractivity contribution in [2.24, 2.45) is 0 Å². The van der Waals surface area contributed by atoms with E-state index in [2.05, 4.69) is 149 Å². The molecule has 0 amide bonds. The molecule has 1 heteroatoms. The number of nitrogens with zero attached hydrogens (tertiary/aromatic N) is 1. The Balaban J connectivity index is 1.38. The van der Waals surface area contributed by atoms with Gasteiger partial charge in [-0.05, 0) is 85.7 Å². The molecule has 0 spiro atoms. The second-order valence-corrected chi connectivity index (χ2v) is 13.5. The molecule has 1 aromatic heterocycles. The van der Waals surface area contributed by atoms with E-state index < -0.39 is 0 Å². The molecule has 0 N–H and O–H groups in total. The van der Waals surface area contributed by atoms with E-state index in [-0.39, 0.29) is 16.2 Å². The highest BCUT2D eigenvalue weighted by Crippen LogP contribution is 2.58. The first-order chi connectivity index (χ1) is 19.1. The summed E-state index contributed by atoms with van der Waals surface area (Å²) in [4.78, 5) is 0. The normalized spacial score (nSPS) is 17.4. The first-order valence-electron chi connectivity index (χ1n) is 14.5. The predicted octanol–water partition coefficient (Wildman–Crippen LogP) is 10.3.